The van der Waals surface area contributed by atoms with Gasteiger partial charge in [0.05, 0.1) is 11.5 Å². The summed E-state index contributed by atoms with van der Waals surface area (Å²) in [5.41, 5.74) is 0. The molecule has 9 aliphatic rings. The van der Waals surface area contributed by atoms with Gasteiger partial charge in [-0.3, -0.25) is 4.79 Å². The van der Waals surface area contributed by atoms with E-state index in [0.717, 1.165) is 134 Å². The SMILES string of the molecule is CC(=O)N1CCC(C(C)C)CC1.CC(C)C1CCN(C(C)C)CC1.CC(C)C1CCN(C)CC1.CC(C)C1CCN(C2CC2)CC1.CC(C)C1CCOCC1.CC(C)C1CCS(=O)(=O)CC1.CCN1CCC(C(C)C)CC1.CCN1CCC(C(C)C)CC1. The maximum atomic E-state index is 11.0. The van der Waals surface area contributed by atoms with Crippen molar-refractivity contribution in [1.82, 2.24) is 29.4 Å². The zero-order valence-electron chi connectivity index (χ0n) is 63.1. The van der Waals surface area contributed by atoms with Crippen LogP contribution in [0.15, 0.2) is 0 Å². The molecule has 0 aromatic carbocycles. The summed E-state index contributed by atoms with van der Waals surface area (Å²) in [4.78, 5) is 25.8. The van der Waals surface area contributed by atoms with Crippen molar-refractivity contribution in [2.24, 2.45) is 94.7 Å². The minimum atomic E-state index is -2.65. The van der Waals surface area contributed by atoms with Crippen molar-refractivity contribution in [3.8, 4) is 0 Å². The Hall–Kier alpha value is -0.820. The van der Waals surface area contributed by atoms with Crippen LogP contribution >= 0.6 is 0 Å². The Morgan fingerprint density at radius 2 is 0.648 bits per heavy atom. The minimum absolute atomic E-state index is 0.234. The Bertz CT molecular complexity index is 1690. The molecule has 0 spiro atoms. The molecule has 0 radical (unpaired) electrons. The molecule has 11 heteroatoms. The van der Waals surface area contributed by atoms with Crippen LogP contribution in [0.4, 0.5) is 0 Å². The highest BCUT2D eigenvalue weighted by Gasteiger charge is 2.33. The van der Waals surface area contributed by atoms with Crippen LogP contribution in [0.3, 0.4) is 0 Å². The van der Waals surface area contributed by atoms with Gasteiger partial charge in [-0.2, -0.15) is 0 Å². The number of piperidine rings is 6. The second kappa shape index (κ2) is 45.5. The fourth-order valence-electron chi connectivity index (χ4n) is 14.9. The second-order valence-electron chi connectivity index (χ2n) is 32.5. The maximum absolute atomic E-state index is 11.0. The van der Waals surface area contributed by atoms with Crippen LogP contribution in [0.5, 0.6) is 0 Å². The molecule has 1 aliphatic carbocycles. The van der Waals surface area contributed by atoms with E-state index < -0.39 is 9.84 Å². The van der Waals surface area contributed by atoms with E-state index >= 15 is 0 Å². The van der Waals surface area contributed by atoms with Crippen molar-refractivity contribution in [2.75, 3.05) is 123 Å². The Balaban J connectivity index is 0.000000343. The summed E-state index contributed by atoms with van der Waals surface area (Å²) in [6, 6.07) is 1.75. The van der Waals surface area contributed by atoms with Crippen LogP contribution < -0.4 is 0 Å². The van der Waals surface area contributed by atoms with Crippen molar-refractivity contribution in [3.05, 3.63) is 0 Å². The second-order valence-corrected chi connectivity index (χ2v) is 34.8. The molecule has 0 unspecified atom stereocenters. The molecule has 8 heterocycles. The van der Waals surface area contributed by atoms with Gasteiger partial charge in [-0.05, 0) is 310 Å². The molecule has 9 rings (SSSR count). The third-order valence-electron chi connectivity index (χ3n) is 23.3. The van der Waals surface area contributed by atoms with E-state index in [2.05, 4.69) is 170 Å². The van der Waals surface area contributed by atoms with Crippen LogP contribution in [-0.4, -0.2) is 179 Å². The number of likely N-dealkylation sites (tertiary alicyclic amines) is 6. The molecule has 0 aromatic rings. The van der Waals surface area contributed by atoms with Gasteiger partial charge in [-0.1, -0.05) is 125 Å². The monoisotopic (exact) mass is 1260 g/mol. The Morgan fingerprint density at radius 1 is 0.375 bits per heavy atom. The molecule has 1 amide bonds. The molecule has 88 heavy (non-hydrogen) atoms. The van der Waals surface area contributed by atoms with Gasteiger partial charge in [0.2, 0.25) is 5.91 Å². The molecular weight excluding hydrogens is 1100 g/mol. The number of ether oxygens (including phenoxy) is 1. The van der Waals surface area contributed by atoms with E-state index in [1.54, 1.807) is 6.92 Å². The van der Waals surface area contributed by atoms with E-state index in [4.69, 9.17) is 4.74 Å². The van der Waals surface area contributed by atoms with E-state index in [0.29, 0.717) is 23.3 Å². The largest absolute Gasteiger partial charge is 0.381 e. The number of carbonyl (C=O) groups excluding carboxylic acids is 1. The van der Waals surface area contributed by atoms with Crippen molar-refractivity contribution < 1.29 is 17.9 Å². The van der Waals surface area contributed by atoms with Gasteiger partial charge in [0.15, 0.2) is 0 Å². The number of rotatable bonds is 12. The predicted molar refractivity (Wildman–Crippen MR) is 385 cm³/mol. The van der Waals surface area contributed by atoms with Gasteiger partial charge in [0.1, 0.15) is 9.84 Å². The summed E-state index contributed by atoms with van der Waals surface area (Å²) >= 11 is 0. The van der Waals surface area contributed by atoms with Crippen LogP contribution in [0.1, 0.15) is 261 Å². The summed E-state index contributed by atoms with van der Waals surface area (Å²) in [6.45, 7) is 67.6. The molecule has 8 saturated heterocycles. The van der Waals surface area contributed by atoms with Crippen molar-refractivity contribution >= 4 is 15.7 Å². The lowest BCUT2D eigenvalue weighted by atomic mass is 9.86. The van der Waals surface area contributed by atoms with Crippen LogP contribution in [0.2, 0.25) is 0 Å². The van der Waals surface area contributed by atoms with Gasteiger partial charge < -0.3 is 34.1 Å². The summed E-state index contributed by atoms with van der Waals surface area (Å²) in [5.74, 6) is 15.2. The molecule has 9 fully saturated rings. The number of hydrogen-bond donors (Lipinski definition) is 0. The van der Waals surface area contributed by atoms with Gasteiger partial charge in [-0.15, -0.1) is 0 Å². The van der Waals surface area contributed by atoms with E-state index in [1.807, 2.05) is 4.90 Å². The number of amides is 1. The first-order valence-electron chi connectivity index (χ1n) is 38.1. The van der Waals surface area contributed by atoms with E-state index in [-0.39, 0.29) is 5.91 Å². The summed E-state index contributed by atoms with van der Waals surface area (Å²) < 4.78 is 27.3. The number of nitrogens with zero attached hydrogens (tertiary/aromatic N) is 6. The molecule has 0 bridgehead atoms. The number of carbonyl (C=O) groups is 1. The van der Waals surface area contributed by atoms with Gasteiger partial charge in [0.25, 0.3) is 0 Å². The highest BCUT2D eigenvalue weighted by Crippen LogP contribution is 2.34. The zero-order chi connectivity index (χ0) is 66.1. The lowest BCUT2D eigenvalue weighted by Crippen LogP contribution is -2.39. The Morgan fingerprint density at radius 3 is 0.920 bits per heavy atom. The molecule has 0 N–H and O–H groups in total. The normalized spacial score (nSPS) is 23.7. The average molecular weight is 1260 g/mol. The Kier molecular flexibility index (Phi) is 43.1. The Labute approximate surface area is 551 Å². The topological polar surface area (TPSA) is 79.9 Å². The summed E-state index contributed by atoms with van der Waals surface area (Å²) in [7, 11) is -0.430. The van der Waals surface area contributed by atoms with Crippen LogP contribution in [0, 0.1) is 94.7 Å². The first kappa shape index (κ1) is 83.3. The predicted octanol–water partition coefficient (Wildman–Crippen LogP) is 17.4. The summed E-state index contributed by atoms with van der Waals surface area (Å²) in [5, 5.41) is 0. The molecule has 8 aliphatic heterocycles. The molecule has 524 valence electrons. The maximum Gasteiger partial charge on any atom is 0.219 e. The highest BCUT2D eigenvalue weighted by atomic mass is 32.2. The molecular formula is C77H156N6O4S. The molecule has 1 saturated carbocycles. The third-order valence-corrected chi connectivity index (χ3v) is 25.0. The van der Waals surface area contributed by atoms with E-state index in [1.165, 1.54) is 181 Å². The first-order valence-corrected chi connectivity index (χ1v) is 39.9. The highest BCUT2D eigenvalue weighted by molar-refractivity contribution is 7.91. The van der Waals surface area contributed by atoms with Crippen LogP contribution in [-0.2, 0) is 19.4 Å². The quantitative estimate of drug-likeness (QED) is 0.190. The lowest BCUT2D eigenvalue weighted by Gasteiger charge is -2.36. The molecule has 10 nitrogen and oxygen atoms in total. The van der Waals surface area contributed by atoms with Crippen molar-refractivity contribution in [1.29, 1.82) is 0 Å². The fraction of sp³-hybridized carbons (Fsp3) is 0.987. The minimum Gasteiger partial charge on any atom is -0.381 e. The van der Waals surface area contributed by atoms with E-state index in [9.17, 15) is 13.2 Å². The number of sulfone groups is 1. The molecule has 0 atom stereocenters. The van der Waals surface area contributed by atoms with Gasteiger partial charge in [0, 0.05) is 45.3 Å². The first-order chi connectivity index (χ1) is 41.5. The standard InChI is InChI=1S/C11H21N.C11H23N.C10H19NO.2C10H21N.C9H19N.C8H16O2S.C8H16O/c1-9(2)10-5-7-12(8-6-10)11-3-4-11;1-9(2)11-5-7-12(8-6-11)10(3)4;1-8(2)10-4-6-11(7-5-10)9(3)12;2*1-4-11-7-5-10(6-8-11)9(2)3;1-8(2)9-4-6-10(3)7-5-9;1-7(2)8-3-5-11(9,10)6-4-8;1-7(2)8-3-5-9-6-4-8/h9-11H,3-8H2,1-2H3;9-11H,5-8H2,1-4H3;8,10H,4-7H2,1-3H3;2*9-10H,4-8H2,1-3H3;8-9H,4-7H2,1-3H3;7-8H,3-6H2,1-2H3;7-8H,3-6H2,1-2H3. The lowest BCUT2D eigenvalue weighted by molar-refractivity contribution is -0.130. The number of hydrogen-bond acceptors (Lipinski definition) is 9. The average Bonchev–Trinajstić information content (AvgIpc) is 4.56. The van der Waals surface area contributed by atoms with Gasteiger partial charge >= 0.3 is 0 Å². The fourth-order valence-corrected chi connectivity index (χ4v) is 16.4. The van der Waals surface area contributed by atoms with Crippen molar-refractivity contribution in [3.63, 3.8) is 0 Å². The van der Waals surface area contributed by atoms with Crippen LogP contribution in [0.25, 0.3) is 0 Å². The smallest absolute Gasteiger partial charge is 0.219 e. The molecule has 0 aromatic heterocycles. The third kappa shape index (κ3) is 35.6. The van der Waals surface area contributed by atoms with Gasteiger partial charge in [-0.25, -0.2) is 8.42 Å². The van der Waals surface area contributed by atoms with Crippen molar-refractivity contribution in [2.45, 2.75) is 273 Å². The summed E-state index contributed by atoms with van der Waals surface area (Å²) in [6.07, 6.45) is 23.9. The zero-order valence-corrected chi connectivity index (χ0v) is 63.9.